The second-order valence-electron chi connectivity index (χ2n) is 10.3. The highest BCUT2D eigenvalue weighted by atomic mass is 35.5. The van der Waals surface area contributed by atoms with Crippen molar-refractivity contribution in [2.24, 2.45) is 18.9 Å². The van der Waals surface area contributed by atoms with Crippen LogP contribution in [0.2, 0.25) is 15.1 Å². The lowest BCUT2D eigenvalue weighted by Gasteiger charge is -2.35. The van der Waals surface area contributed by atoms with Gasteiger partial charge in [0.2, 0.25) is 17.8 Å². The van der Waals surface area contributed by atoms with Crippen LogP contribution in [0.1, 0.15) is 31.2 Å². The van der Waals surface area contributed by atoms with Gasteiger partial charge in [0.1, 0.15) is 0 Å². The molecule has 216 valence electrons. The summed E-state index contributed by atoms with van der Waals surface area (Å²) >= 11 is 19.5. The van der Waals surface area contributed by atoms with Gasteiger partial charge in [-0.3, -0.25) is 4.79 Å². The molecule has 2 aromatic carbocycles. The molecule has 2 heterocycles. The van der Waals surface area contributed by atoms with Crippen molar-refractivity contribution in [2.45, 2.75) is 44.3 Å². The van der Waals surface area contributed by atoms with Crippen molar-refractivity contribution in [3.63, 3.8) is 0 Å². The fourth-order valence-corrected chi connectivity index (χ4v) is 5.96. The van der Waals surface area contributed by atoms with Gasteiger partial charge in [-0.25, -0.2) is 13.8 Å². The molecule has 0 radical (unpaired) electrons. The van der Waals surface area contributed by atoms with E-state index in [0.717, 1.165) is 0 Å². The molecule has 1 saturated carbocycles. The Hall–Kier alpha value is -2.50. The van der Waals surface area contributed by atoms with E-state index in [9.17, 15) is 26.7 Å². The van der Waals surface area contributed by atoms with E-state index in [1.165, 1.54) is 0 Å². The number of hydrogen-bond donors (Lipinski definition) is 2. The number of fused-ring (bicyclic) bond motifs is 1. The molecule has 1 saturated heterocycles. The number of carbonyl (C=O) groups is 1. The third kappa shape index (κ3) is 5.78. The summed E-state index contributed by atoms with van der Waals surface area (Å²) in [6.07, 6.45) is -4.74. The van der Waals surface area contributed by atoms with Crippen molar-refractivity contribution in [1.29, 1.82) is 0 Å². The molecule has 1 unspecified atom stereocenters. The van der Waals surface area contributed by atoms with Gasteiger partial charge in [0.05, 0.1) is 43.4 Å². The molecule has 2 aliphatic rings. The van der Waals surface area contributed by atoms with Crippen LogP contribution in [0.15, 0.2) is 24.3 Å². The summed E-state index contributed by atoms with van der Waals surface area (Å²) in [5, 5.41) is 6.51. The first-order valence-electron chi connectivity index (χ1n) is 12.6. The number of rotatable bonds is 6. The topological polar surface area (TPSA) is 62.2 Å². The van der Waals surface area contributed by atoms with Gasteiger partial charge in [-0.05, 0) is 36.6 Å². The van der Waals surface area contributed by atoms with E-state index in [4.69, 9.17) is 34.8 Å². The van der Waals surface area contributed by atoms with E-state index in [2.05, 4.69) is 15.6 Å². The Morgan fingerprint density at radius 1 is 1.15 bits per heavy atom. The van der Waals surface area contributed by atoms with E-state index in [-0.39, 0.29) is 34.6 Å². The summed E-state index contributed by atoms with van der Waals surface area (Å²) in [5.41, 5.74) is 2.47. The largest absolute Gasteiger partial charge is 0.393 e. The van der Waals surface area contributed by atoms with E-state index < -0.39 is 42.7 Å². The van der Waals surface area contributed by atoms with E-state index in [1.807, 2.05) is 0 Å². The quantitative estimate of drug-likeness (QED) is 0.276. The molecule has 1 atom stereocenters. The number of alkyl halides is 5. The molecule has 3 aromatic rings. The molecule has 40 heavy (non-hydrogen) atoms. The fourth-order valence-electron chi connectivity index (χ4n) is 5.15. The lowest BCUT2D eigenvalue weighted by molar-refractivity contribution is -0.176. The number of hydrogen-bond acceptors (Lipinski definition) is 4. The van der Waals surface area contributed by atoms with Crippen LogP contribution in [0.5, 0.6) is 0 Å². The molecule has 2 N–H and O–H groups in total. The van der Waals surface area contributed by atoms with Crippen LogP contribution in [-0.2, 0) is 18.4 Å². The molecule has 1 aliphatic heterocycles. The standard InChI is InChI=1S/C26H25Cl3F5N5O/c1-38-20-8-19(39-6-2-3-15(12-39)26(32,33)34)17(28)7-18(20)36-24(38)37-22-16(27)5-4-13(21(22)29)11-35-23(40)14-9-25(30,31)10-14/h4-5,7-8,14-15H,2-3,6,9-12H2,1H3,(H,35,40)(H,36,37). The molecular weight excluding hydrogens is 600 g/mol. The van der Waals surface area contributed by atoms with Crippen molar-refractivity contribution in [2.75, 3.05) is 23.3 Å². The van der Waals surface area contributed by atoms with Crippen molar-refractivity contribution in [3.8, 4) is 0 Å². The Labute approximate surface area is 241 Å². The maximum Gasteiger partial charge on any atom is 0.393 e. The van der Waals surface area contributed by atoms with Gasteiger partial charge >= 0.3 is 6.18 Å². The van der Waals surface area contributed by atoms with Crippen LogP contribution < -0.4 is 15.5 Å². The number of halogens is 8. The van der Waals surface area contributed by atoms with Gasteiger partial charge in [-0.15, -0.1) is 0 Å². The third-order valence-corrected chi connectivity index (χ3v) is 8.55. The highest BCUT2D eigenvalue weighted by molar-refractivity contribution is 6.39. The normalized spacial score (nSPS) is 19.5. The maximum atomic E-state index is 13.4. The zero-order valence-electron chi connectivity index (χ0n) is 21.2. The van der Waals surface area contributed by atoms with Gasteiger partial charge in [0.15, 0.2) is 0 Å². The number of aryl methyl sites for hydroxylation is 1. The number of carbonyl (C=O) groups excluding carboxylic acids is 1. The second-order valence-corrected chi connectivity index (χ2v) is 11.5. The first kappa shape index (κ1) is 29.0. The lowest BCUT2D eigenvalue weighted by atomic mass is 9.81. The molecule has 2 fully saturated rings. The van der Waals surface area contributed by atoms with Gasteiger partial charge < -0.3 is 20.1 Å². The molecular formula is C26H25Cl3F5N5O. The minimum atomic E-state index is -4.28. The van der Waals surface area contributed by atoms with E-state index in [1.54, 1.807) is 40.8 Å². The van der Waals surface area contributed by atoms with Gasteiger partial charge in [-0.1, -0.05) is 40.9 Å². The molecule has 5 rings (SSSR count). The number of amides is 1. The maximum absolute atomic E-state index is 13.4. The SMILES string of the molecule is Cn1c(Nc2c(Cl)ccc(CNC(=O)C3CC(F)(F)C3)c2Cl)nc2cc(Cl)c(N3CCCC(C(F)(F)F)C3)cc21. The first-order valence-corrected chi connectivity index (χ1v) is 13.7. The second kappa shape index (κ2) is 10.7. The highest BCUT2D eigenvalue weighted by Crippen LogP contribution is 2.43. The molecule has 6 nitrogen and oxygen atoms in total. The molecule has 14 heteroatoms. The molecule has 0 bridgehead atoms. The molecule has 0 spiro atoms. The summed E-state index contributed by atoms with van der Waals surface area (Å²) < 4.78 is 68.0. The number of imidazole rings is 1. The zero-order chi connectivity index (χ0) is 29.0. The van der Waals surface area contributed by atoms with Crippen molar-refractivity contribution in [3.05, 3.63) is 44.9 Å². The van der Waals surface area contributed by atoms with Crippen molar-refractivity contribution >= 4 is 69.1 Å². The van der Waals surface area contributed by atoms with Crippen LogP contribution in [0.25, 0.3) is 11.0 Å². The van der Waals surface area contributed by atoms with Crippen LogP contribution in [0, 0.1) is 11.8 Å². The summed E-state index contributed by atoms with van der Waals surface area (Å²) in [7, 11) is 1.73. The number of benzene rings is 2. The van der Waals surface area contributed by atoms with E-state index >= 15 is 0 Å². The Kier molecular flexibility index (Phi) is 7.78. The van der Waals surface area contributed by atoms with Gasteiger partial charge in [0, 0.05) is 45.4 Å². The lowest BCUT2D eigenvalue weighted by Crippen LogP contribution is -2.44. The number of anilines is 3. The van der Waals surface area contributed by atoms with Crippen LogP contribution in [0.3, 0.4) is 0 Å². The summed E-state index contributed by atoms with van der Waals surface area (Å²) in [4.78, 5) is 18.4. The smallest absolute Gasteiger partial charge is 0.370 e. The average molecular weight is 625 g/mol. The van der Waals surface area contributed by atoms with Crippen LogP contribution >= 0.6 is 34.8 Å². The van der Waals surface area contributed by atoms with Crippen LogP contribution in [-0.4, -0.2) is 40.6 Å². The predicted molar refractivity (Wildman–Crippen MR) is 146 cm³/mol. The Bertz CT molecular complexity index is 1450. The minimum Gasteiger partial charge on any atom is -0.370 e. The Balaban J connectivity index is 1.36. The molecule has 1 aromatic heterocycles. The first-order chi connectivity index (χ1) is 18.7. The summed E-state index contributed by atoms with van der Waals surface area (Å²) in [5.74, 6) is -5.08. The van der Waals surface area contributed by atoms with E-state index in [0.29, 0.717) is 46.9 Å². The minimum absolute atomic E-state index is 0.0157. The van der Waals surface area contributed by atoms with Crippen molar-refractivity contribution in [1.82, 2.24) is 14.9 Å². The Morgan fingerprint density at radius 2 is 1.88 bits per heavy atom. The number of piperidine rings is 1. The number of nitrogens with one attached hydrogen (secondary N) is 2. The Morgan fingerprint density at radius 3 is 2.55 bits per heavy atom. The van der Waals surface area contributed by atoms with Gasteiger partial charge in [-0.2, -0.15) is 13.2 Å². The number of nitrogens with zero attached hydrogens (tertiary/aromatic N) is 3. The summed E-state index contributed by atoms with van der Waals surface area (Å²) in [6.45, 7) is 0.301. The van der Waals surface area contributed by atoms with Crippen molar-refractivity contribution < 1.29 is 26.7 Å². The average Bonchev–Trinajstić information content (AvgIpc) is 3.17. The number of aromatic nitrogens is 2. The molecule has 1 aliphatic carbocycles. The highest BCUT2D eigenvalue weighted by Gasteiger charge is 2.48. The van der Waals surface area contributed by atoms with Gasteiger partial charge in [0.25, 0.3) is 0 Å². The monoisotopic (exact) mass is 623 g/mol. The fraction of sp³-hybridized carbons (Fsp3) is 0.462. The van der Waals surface area contributed by atoms with Crippen LogP contribution in [0.4, 0.5) is 39.3 Å². The predicted octanol–water partition coefficient (Wildman–Crippen LogP) is 7.72. The third-order valence-electron chi connectivity index (χ3n) is 7.50. The summed E-state index contributed by atoms with van der Waals surface area (Å²) in [6, 6.07) is 6.53. The molecule has 1 amide bonds. The zero-order valence-corrected chi connectivity index (χ0v) is 23.5.